The summed E-state index contributed by atoms with van der Waals surface area (Å²) in [7, 11) is 0. The molecule has 1 unspecified atom stereocenters. The standard InChI is InChI=1S/C22H21F3N2O3/c1-14(15-8-11-18(12-9-15)27-21(29)17-6-7-17)26-20(28)13-10-16-4-2-3-5-19(16)30-22(23,24)25/h2-5,8-14,17H,6-7H2,1H3,(H,26,28)(H,27,29)/b13-10+. The lowest BCUT2D eigenvalue weighted by molar-refractivity contribution is -0.274. The van der Waals surface area contributed by atoms with Crippen LogP contribution in [0.15, 0.2) is 54.6 Å². The van der Waals surface area contributed by atoms with E-state index in [1.165, 1.54) is 24.3 Å². The number of nitrogens with one attached hydrogen (secondary N) is 2. The maximum absolute atomic E-state index is 12.5. The van der Waals surface area contributed by atoms with Crippen LogP contribution in [0, 0.1) is 5.92 Å². The Hall–Kier alpha value is -3.29. The van der Waals surface area contributed by atoms with E-state index in [-0.39, 0.29) is 29.2 Å². The molecule has 0 aromatic heterocycles. The zero-order valence-corrected chi connectivity index (χ0v) is 16.2. The van der Waals surface area contributed by atoms with Crippen molar-refractivity contribution in [3.63, 3.8) is 0 Å². The van der Waals surface area contributed by atoms with E-state index in [4.69, 9.17) is 0 Å². The van der Waals surface area contributed by atoms with Crippen LogP contribution in [-0.4, -0.2) is 18.2 Å². The van der Waals surface area contributed by atoms with Crippen LogP contribution in [-0.2, 0) is 9.59 Å². The maximum Gasteiger partial charge on any atom is 0.573 e. The highest BCUT2D eigenvalue weighted by Gasteiger charge is 2.31. The van der Waals surface area contributed by atoms with E-state index in [1.807, 2.05) is 0 Å². The maximum atomic E-state index is 12.5. The van der Waals surface area contributed by atoms with E-state index >= 15 is 0 Å². The number of halogens is 3. The molecule has 0 spiro atoms. The molecule has 30 heavy (non-hydrogen) atoms. The second-order valence-corrected chi connectivity index (χ2v) is 7.03. The third kappa shape index (κ3) is 6.37. The van der Waals surface area contributed by atoms with E-state index in [1.54, 1.807) is 37.3 Å². The largest absolute Gasteiger partial charge is 0.573 e. The summed E-state index contributed by atoms with van der Waals surface area (Å²) >= 11 is 0. The minimum Gasteiger partial charge on any atom is -0.405 e. The van der Waals surface area contributed by atoms with E-state index in [9.17, 15) is 22.8 Å². The molecule has 1 fully saturated rings. The van der Waals surface area contributed by atoms with Crippen molar-refractivity contribution < 1.29 is 27.5 Å². The van der Waals surface area contributed by atoms with Gasteiger partial charge < -0.3 is 15.4 Å². The number of anilines is 1. The predicted molar refractivity (Wildman–Crippen MR) is 107 cm³/mol. The third-order valence-corrected chi connectivity index (χ3v) is 4.54. The van der Waals surface area contributed by atoms with Crippen molar-refractivity contribution in [2.75, 3.05) is 5.32 Å². The number of hydrogen-bond acceptors (Lipinski definition) is 3. The Bertz CT molecular complexity index is 935. The summed E-state index contributed by atoms with van der Waals surface area (Å²) in [6, 6.07) is 12.3. The van der Waals surface area contributed by atoms with Gasteiger partial charge in [0.15, 0.2) is 0 Å². The van der Waals surface area contributed by atoms with Crippen molar-refractivity contribution in [3.05, 3.63) is 65.7 Å². The number of carbonyl (C=O) groups is 2. The molecule has 0 heterocycles. The van der Waals surface area contributed by atoms with Gasteiger partial charge in [0.05, 0.1) is 6.04 Å². The lowest BCUT2D eigenvalue weighted by Gasteiger charge is -2.14. The molecule has 8 heteroatoms. The summed E-state index contributed by atoms with van der Waals surface area (Å²) in [6.07, 6.45) is -0.551. The van der Waals surface area contributed by atoms with Crippen molar-refractivity contribution in [1.29, 1.82) is 0 Å². The van der Waals surface area contributed by atoms with Crippen LogP contribution in [0.2, 0.25) is 0 Å². The molecule has 0 aliphatic heterocycles. The van der Waals surface area contributed by atoms with Crippen LogP contribution < -0.4 is 15.4 Å². The van der Waals surface area contributed by atoms with Crippen LogP contribution in [0.4, 0.5) is 18.9 Å². The van der Waals surface area contributed by atoms with Crippen LogP contribution >= 0.6 is 0 Å². The lowest BCUT2D eigenvalue weighted by atomic mass is 10.1. The number of hydrogen-bond donors (Lipinski definition) is 2. The van der Waals surface area contributed by atoms with Crippen LogP contribution in [0.25, 0.3) is 6.08 Å². The first kappa shape index (κ1) is 21.4. The zero-order valence-electron chi connectivity index (χ0n) is 16.2. The molecule has 1 saturated carbocycles. The fraction of sp³-hybridized carbons (Fsp3) is 0.273. The van der Waals surface area contributed by atoms with Crippen LogP contribution in [0.1, 0.15) is 36.9 Å². The summed E-state index contributed by atoms with van der Waals surface area (Å²) in [5.74, 6) is -0.716. The van der Waals surface area contributed by atoms with E-state index in [2.05, 4.69) is 15.4 Å². The molecule has 2 aromatic rings. The number of amides is 2. The summed E-state index contributed by atoms with van der Waals surface area (Å²) in [5, 5.41) is 5.59. The Balaban J connectivity index is 1.57. The van der Waals surface area contributed by atoms with Crippen molar-refractivity contribution >= 4 is 23.6 Å². The van der Waals surface area contributed by atoms with Gasteiger partial charge in [0.2, 0.25) is 11.8 Å². The first-order chi connectivity index (χ1) is 14.2. The molecule has 2 N–H and O–H groups in total. The van der Waals surface area contributed by atoms with E-state index in [0.717, 1.165) is 24.5 Å². The second kappa shape index (κ2) is 9.02. The van der Waals surface area contributed by atoms with Gasteiger partial charge in [-0.25, -0.2) is 0 Å². The number of carbonyl (C=O) groups excluding carboxylic acids is 2. The lowest BCUT2D eigenvalue weighted by Crippen LogP contribution is -2.24. The number of rotatable bonds is 7. The average molecular weight is 418 g/mol. The van der Waals surface area contributed by atoms with E-state index in [0.29, 0.717) is 5.69 Å². The molecular weight excluding hydrogens is 397 g/mol. The van der Waals surface area contributed by atoms with Gasteiger partial charge in [-0.1, -0.05) is 30.3 Å². The minimum absolute atomic E-state index is 0.0176. The topological polar surface area (TPSA) is 67.4 Å². The Morgan fingerprint density at radius 1 is 1.10 bits per heavy atom. The quantitative estimate of drug-likeness (QED) is 0.634. The highest BCUT2D eigenvalue weighted by atomic mass is 19.4. The first-order valence-electron chi connectivity index (χ1n) is 9.45. The molecule has 2 aromatic carbocycles. The highest BCUT2D eigenvalue weighted by molar-refractivity contribution is 5.94. The molecule has 3 rings (SSSR count). The Morgan fingerprint density at radius 2 is 1.77 bits per heavy atom. The Morgan fingerprint density at radius 3 is 2.40 bits per heavy atom. The first-order valence-corrected chi connectivity index (χ1v) is 9.45. The predicted octanol–water partition coefficient (Wildman–Crippen LogP) is 4.82. The van der Waals surface area contributed by atoms with Gasteiger partial charge in [0.1, 0.15) is 5.75 Å². The van der Waals surface area contributed by atoms with Crippen LogP contribution in [0.3, 0.4) is 0 Å². The molecule has 1 aliphatic carbocycles. The number of ether oxygens (including phenoxy) is 1. The monoisotopic (exact) mass is 418 g/mol. The van der Waals surface area contributed by atoms with Crippen molar-refractivity contribution in [2.45, 2.75) is 32.2 Å². The van der Waals surface area contributed by atoms with Crippen molar-refractivity contribution in [1.82, 2.24) is 5.32 Å². The van der Waals surface area contributed by atoms with E-state index < -0.39 is 12.3 Å². The van der Waals surface area contributed by atoms with Gasteiger partial charge in [0, 0.05) is 23.2 Å². The molecule has 0 radical (unpaired) electrons. The fourth-order valence-electron chi connectivity index (χ4n) is 2.79. The molecule has 1 aliphatic rings. The molecule has 158 valence electrons. The fourth-order valence-corrected chi connectivity index (χ4v) is 2.79. The van der Waals surface area contributed by atoms with Gasteiger partial charge in [-0.05, 0) is 49.6 Å². The zero-order chi connectivity index (χ0) is 21.7. The molecule has 2 amide bonds. The molecule has 1 atom stereocenters. The van der Waals surface area contributed by atoms with Gasteiger partial charge in [0.25, 0.3) is 0 Å². The molecule has 0 bridgehead atoms. The van der Waals surface area contributed by atoms with Crippen LogP contribution in [0.5, 0.6) is 5.75 Å². The third-order valence-electron chi connectivity index (χ3n) is 4.54. The summed E-state index contributed by atoms with van der Waals surface area (Å²) in [6.45, 7) is 1.78. The SMILES string of the molecule is CC(NC(=O)/C=C/c1ccccc1OC(F)(F)F)c1ccc(NC(=O)C2CC2)cc1. The second-order valence-electron chi connectivity index (χ2n) is 7.03. The van der Waals surface area contributed by atoms with Crippen molar-refractivity contribution in [2.24, 2.45) is 5.92 Å². The normalized spacial score (nSPS) is 14.9. The average Bonchev–Trinajstić information content (AvgIpc) is 3.52. The highest BCUT2D eigenvalue weighted by Crippen LogP contribution is 2.30. The van der Waals surface area contributed by atoms with Gasteiger partial charge >= 0.3 is 6.36 Å². The smallest absolute Gasteiger partial charge is 0.405 e. The molecule has 5 nitrogen and oxygen atoms in total. The summed E-state index contributed by atoms with van der Waals surface area (Å²) in [5.41, 5.74) is 1.64. The minimum atomic E-state index is -4.81. The van der Waals surface area contributed by atoms with Crippen molar-refractivity contribution in [3.8, 4) is 5.75 Å². The number of alkyl halides is 3. The molecule has 0 saturated heterocycles. The summed E-state index contributed by atoms with van der Waals surface area (Å²) in [4.78, 5) is 24.0. The van der Waals surface area contributed by atoms with Gasteiger partial charge in [-0.3, -0.25) is 9.59 Å². The Labute approximate surface area is 171 Å². The van der Waals surface area contributed by atoms with Gasteiger partial charge in [-0.2, -0.15) is 0 Å². The van der Waals surface area contributed by atoms with Gasteiger partial charge in [-0.15, -0.1) is 13.2 Å². The summed E-state index contributed by atoms with van der Waals surface area (Å²) < 4.78 is 41.4. The number of benzene rings is 2. The Kier molecular flexibility index (Phi) is 6.44. The molecular formula is C22H21F3N2O3. The number of para-hydroxylation sites is 1.